The van der Waals surface area contributed by atoms with Gasteiger partial charge in [-0.2, -0.15) is 0 Å². The highest BCUT2D eigenvalue weighted by atomic mass is 32.1. The number of primary amides is 3. The van der Waals surface area contributed by atoms with Crippen molar-refractivity contribution >= 4 is 81.8 Å². The third-order valence-electron chi connectivity index (χ3n) is 16.5. The number of rotatable bonds is 41. The summed E-state index contributed by atoms with van der Waals surface area (Å²) in [6, 6.07) is -7.89. The summed E-state index contributed by atoms with van der Waals surface area (Å²) in [6.07, 6.45) is -22.3. The first-order chi connectivity index (χ1) is 48.9. The standard InChI is InChI=1S/C60H93N19O22S2/c1-6-36(84)68-13-8-7-11-66-12-9-14-69-53(92)31-21-103-57(75-31)32-22-102-37(74-32)10-15-70-54(93)39(27(5)82)77-52(91)25(3)41(85)26(4)73-56(95)40(78-55(94)38-24(2)49(63)79-51(76-38)29(16-35(62)83)71-17-28(61)50(64)90)46(30-18-67-23-72-30)99-59-48(44(88)42(86)33(19-80)98-59)100-58-45(89)47(101-60(65)96)43(87)34(20-81)97-58/h18,21-23,25-29,33-34,39-48,58-59,66,71,80-82,85-89H,6-17,19-20,61H2,1-5H3,(H2,62,83)(H2,64,90)(H2,65,96)(H,67,72)(H,68,84)(H,69,92)(H,70,93)(H,73,95)(H,77,91)(H,78,94)(H2,63,76,79)/t25-,26?,27+,28?,29-,33-,34+,39-,40-,41?,42+,43+,44+,45-,46-,47-,48-,58+,59-/m0/s1. The van der Waals surface area contributed by atoms with Crippen LogP contribution in [0, 0.1) is 12.8 Å². The van der Waals surface area contributed by atoms with E-state index in [4.69, 9.17) is 52.4 Å². The Morgan fingerprint density at radius 1 is 0.728 bits per heavy atom. The highest BCUT2D eigenvalue weighted by Gasteiger charge is 2.54. The number of aliphatic hydroxyl groups excluding tert-OH is 8. The number of aromatic amines is 1. The number of hydrogen-bond acceptors (Lipinski definition) is 33. The lowest BCUT2D eigenvalue weighted by molar-refractivity contribution is -0.372. The predicted molar refractivity (Wildman–Crippen MR) is 360 cm³/mol. The number of hydrogen-bond donors (Lipinski definition) is 22. The number of nitrogens with one attached hydrogen (secondary N) is 9. The molecule has 2 fully saturated rings. The number of imidazole rings is 1. The summed E-state index contributed by atoms with van der Waals surface area (Å²) in [5.74, 6) is -8.78. The fraction of sp³-hybridized carbons (Fsp3) is 0.633. The molecule has 0 aliphatic carbocycles. The second-order valence-electron chi connectivity index (χ2n) is 24.3. The molecule has 103 heavy (non-hydrogen) atoms. The lowest BCUT2D eigenvalue weighted by Crippen LogP contribution is -2.65. The molecule has 9 amide bonds. The number of ether oxygens (including phenoxy) is 5. The zero-order chi connectivity index (χ0) is 75.9. The maximum Gasteiger partial charge on any atom is 0.404 e. The average Bonchev–Trinajstić information content (AvgIpc) is 1.68. The van der Waals surface area contributed by atoms with Gasteiger partial charge in [-0.25, -0.2) is 29.7 Å². The maximum atomic E-state index is 15.2. The van der Waals surface area contributed by atoms with Crippen LogP contribution in [0.3, 0.4) is 0 Å². The van der Waals surface area contributed by atoms with Gasteiger partial charge in [0, 0.05) is 61.8 Å². The molecule has 4 aromatic rings. The molecule has 0 aromatic carbocycles. The zero-order valence-corrected chi connectivity index (χ0v) is 58.5. The van der Waals surface area contributed by atoms with Crippen molar-refractivity contribution in [2.75, 3.05) is 58.2 Å². The van der Waals surface area contributed by atoms with Crippen LogP contribution in [0.15, 0.2) is 23.3 Å². The number of carbonyl (C=O) groups is 9. The summed E-state index contributed by atoms with van der Waals surface area (Å²) in [6.45, 7) is 6.91. The number of anilines is 1. The number of nitrogens with zero attached hydrogens (tertiary/aromatic N) is 5. The van der Waals surface area contributed by atoms with Gasteiger partial charge in [-0.1, -0.05) is 13.8 Å². The van der Waals surface area contributed by atoms with Gasteiger partial charge < -0.3 is 141 Å². The Morgan fingerprint density at radius 3 is 2.06 bits per heavy atom. The van der Waals surface area contributed by atoms with E-state index in [0.29, 0.717) is 48.2 Å². The highest BCUT2D eigenvalue weighted by Crippen LogP contribution is 2.35. The third-order valence-corrected chi connectivity index (χ3v) is 18.3. The Hall–Kier alpha value is -8.22. The molecular weight excluding hydrogens is 1400 g/mol. The molecule has 3 unspecified atom stereocenters. The first kappa shape index (κ1) is 83.7. The lowest BCUT2D eigenvalue weighted by atomic mass is 9.96. The van der Waals surface area contributed by atoms with Gasteiger partial charge in [-0.15, -0.1) is 22.7 Å². The molecular formula is C60H93N19O22S2. The Kier molecular flexibility index (Phi) is 32.6. The number of amides is 9. The molecule has 19 atom stereocenters. The Balaban J connectivity index is 1.19. The van der Waals surface area contributed by atoms with E-state index in [1.54, 1.807) is 17.7 Å². The van der Waals surface area contributed by atoms with Gasteiger partial charge in [0.05, 0.1) is 72.7 Å². The van der Waals surface area contributed by atoms with Crippen molar-refractivity contribution in [2.45, 2.75) is 183 Å². The summed E-state index contributed by atoms with van der Waals surface area (Å²) in [7, 11) is 0. The highest BCUT2D eigenvalue weighted by molar-refractivity contribution is 7.14. The molecule has 6 heterocycles. The SMILES string of the molecule is CCC(=O)NCCCCNCCCNC(=O)c1csc(-c2csc(CCNC(=O)[C@@H](NC(=O)[C@@H](C)C(O)C(C)NC(=O)[C@@H](NC(=O)c3nc([C@H](CC(N)=O)NCC(N)C(N)=O)nc(N)c3C)[C@@H](O[C@@H]3O[C@@H](CO)[C@@H](O)[C@@H](O)[C@@H]3O[C@H]3O[C@H](CO)[C@@H](O)[C@H](OC(N)=O)[C@@H]3O)c3cnc[nH]3)[C@@H](C)O)n2)n1. The van der Waals surface area contributed by atoms with Crippen LogP contribution >= 0.6 is 22.7 Å². The molecule has 0 spiro atoms. The number of thiazole rings is 2. The van der Waals surface area contributed by atoms with Gasteiger partial charge in [0.2, 0.25) is 35.4 Å². The smallest absolute Gasteiger partial charge is 0.404 e. The first-order valence-electron chi connectivity index (χ1n) is 32.8. The van der Waals surface area contributed by atoms with Crippen LogP contribution in [-0.4, -0.2) is 274 Å². The number of aliphatic hydroxyl groups is 8. The van der Waals surface area contributed by atoms with E-state index in [1.807, 2.05) is 0 Å². The summed E-state index contributed by atoms with van der Waals surface area (Å²) < 4.78 is 28.8. The van der Waals surface area contributed by atoms with E-state index in [-0.39, 0.29) is 59.9 Å². The van der Waals surface area contributed by atoms with Crippen LogP contribution in [0.1, 0.15) is 115 Å². The molecule has 572 valence electrons. The molecule has 0 bridgehead atoms. The van der Waals surface area contributed by atoms with Crippen molar-refractivity contribution in [3.8, 4) is 10.7 Å². The van der Waals surface area contributed by atoms with Crippen LogP contribution < -0.4 is 71.2 Å². The lowest BCUT2D eigenvalue weighted by Gasteiger charge is -2.47. The fourth-order valence-corrected chi connectivity index (χ4v) is 12.1. The Morgan fingerprint density at radius 2 is 1.41 bits per heavy atom. The van der Waals surface area contributed by atoms with Crippen LogP contribution in [0.4, 0.5) is 10.6 Å². The normalized spacial score (nSPS) is 23.0. The van der Waals surface area contributed by atoms with Crippen molar-refractivity contribution in [3.63, 3.8) is 0 Å². The van der Waals surface area contributed by atoms with Gasteiger partial charge in [0.15, 0.2) is 18.7 Å². The summed E-state index contributed by atoms with van der Waals surface area (Å²) in [5.41, 5.74) is 28.0. The zero-order valence-electron chi connectivity index (χ0n) is 56.9. The summed E-state index contributed by atoms with van der Waals surface area (Å²) >= 11 is 2.48. The largest absolute Gasteiger partial charge is 0.441 e. The van der Waals surface area contributed by atoms with Crippen molar-refractivity contribution in [2.24, 2.45) is 28.9 Å². The number of nitrogen functional groups attached to an aromatic ring is 1. The van der Waals surface area contributed by atoms with E-state index in [2.05, 4.69) is 72.4 Å². The van der Waals surface area contributed by atoms with Gasteiger partial charge in [-0.05, 0) is 53.1 Å². The van der Waals surface area contributed by atoms with Crippen LogP contribution in [-0.2, 0) is 58.9 Å². The van der Waals surface area contributed by atoms with Crippen LogP contribution in [0.25, 0.3) is 10.7 Å². The fourth-order valence-electron chi connectivity index (χ4n) is 10.5. The van der Waals surface area contributed by atoms with Crippen molar-refractivity contribution in [3.05, 3.63) is 56.8 Å². The van der Waals surface area contributed by atoms with E-state index < -0.39 is 183 Å². The van der Waals surface area contributed by atoms with E-state index in [1.165, 1.54) is 50.4 Å². The first-order valence-corrected chi connectivity index (χ1v) is 34.6. The summed E-state index contributed by atoms with van der Waals surface area (Å²) in [4.78, 5) is 142. The molecule has 4 aromatic heterocycles. The van der Waals surface area contributed by atoms with Gasteiger partial charge in [0.25, 0.3) is 11.8 Å². The monoisotopic (exact) mass is 1500 g/mol. The molecule has 2 saturated heterocycles. The van der Waals surface area contributed by atoms with Crippen molar-refractivity contribution in [1.82, 2.24) is 72.4 Å². The molecule has 6 rings (SSSR count). The van der Waals surface area contributed by atoms with Crippen molar-refractivity contribution < 1.29 is 108 Å². The molecule has 43 heteroatoms. The molecule has 27 N–H and O–H groups in total. The third kappa shape index (κ3) is 23.6. The van der Waals surface area contributed by atoms with Gasteiger partial charge in [0.1, 0.15) is 94.6 Å². The van der Waals surface area contributed by atoms with Crippen molar-refractivity contribution in [1.29, 1.82) is 0 Å². The minimum absolute atomic E-state index is 0.0195. The second kappa shape index (κ2) is 40.2. The van der Waals surface area contributed by atoms with E-state index in [9.17, 15) is 79.2 Å². The maximum absolute atomic E-state index is 15.2. The average molecular weight is 1500 g/mol. The minimum Gasteiger partial charge on any atom is -0.441 e. The minimum atomic E-state index is -2.20. The summed E-state index contributed by atoms with van der Waals surface area (Å²) in [5, 5.41) is 114. The molecule has 2 aliphatic rings. The molecule has 2 aliphatic heterocycles. The van der Waals surface area contributed by atoms with Gasteiger partial charge in [-0.3, -0.25) is 38.4 Å². The number of unbranched alkanes of at least 4 members (excludes halogenated alkanes) is 1. The molecule has 41 nitrogen and oxygen atoms in total. The predicted octanol–water partition coefficient (Wildman–Crippen LogP) is -7.69. The quantitative estimate of drug-likeness (QED) is 0.0184. The van der Waals surface area contributed by atoms with E-state index in [0.717, 1.165) is 31.9 Å². The molecule has 0 saturated carbocycles. The topological polar surface area (TPSA) is 668 Å². The van der Waals surface area contributed by atoms with E-state index >= 15 is 4.79 Å². The molecule has 0 radical (unpaired) electrons. The van der Waals surface area contributed by atoms with Crippen LogP contribution in [0.5, 0.6) is 0 Å². The number of nitrogens with two attached hydrogens (primary N) is 5. The number of H-pyrrole nitrogens is 1. The Bertz CT molecular complexity index is 3470. The second-order valence-corrected chi connectivity index (χ2v) is 26.1. The number of aromatic nitrogens is 6. The van der Waals surface area contributed by atoms with Crippen LogP contribution in [0.2, 0.25) is 0 Å². The van der Waals surface area contributed by atoms with Gasteiger partial charge >= 0.3 is 6.09 Å². The number of carbonyl (C=O) groups excluding carboxylic acids is 9. The Labute approximate surface area is 597 Å².